The summed E-state index contributed by atoms with van der Waals surface area (Å²) in [5.74, 6) is 1.06. The highest BCUT2D eigenvalue weighted by Crippen LogP contribution is 2.24. The number of aliphatic hydroxyl groups is 1. The molecule has 0 aliphatic carbocycles. The first kappa shape index (κ1) is 26.0. The van der Waals surface area contributed by atoms with E-state index in [0.717, 1.165) is 22.4 Å². The monoisotopic (exact) mass is 535 g/mol. The Labute approximate surface area is 221 Å². The number of rotatable bonds is 8. The lowest BCUT2D eigenvalue weighted by Crippen LogP contribution is -2.37. The Morgan fingerprint density at radius 3 is 2.45 bits per heavy atom. The average molecular weight is 536 g/mol. The standard InChI is InChI=1S/C27H29N5O5S/c1-19-6-8-22(9-7-19)38(34,35)37-18-24(33)27-28-25(31-12-14-36-15-13-31)17-26(29-27)32-11-10-23(30-32)21-5-3-4-20(2)16-21/h3-11,16-17,24,33H,12-15,18H2,1-2H3. The number of morpholine rings is 1. The van der Waals surface area contributed by atoms with Gasteiger partial charge in [-0.3, -0.25) is 4.18 Å². The zero-order valence-electron chi connectivity index (χ0n) is 21.2. The van der Waals surface area contributed by atoms with Gasteiger partial charge in [0, 0.05) is 30.9 Å². The second kappa shape index (κ2) is 11.0. The van der Waals surface area contributed by atoms with Crippen molar-refractivity contribution in [3.05, 3.63) is 83.8 Å². The molecule has 38 heavy (non-hydrogen) atoms. The molecule has 0 spiro atoms. The first-order valence-corrected chi connectivity index (χ1v) is 13.7. The fourth-order valence-corrected chi connectivity index (χ4v) is 4.99. The van der Waals surface area contributed by atoms with Gasteiger partial charge in [0.15, 0.2) is 11.6 Å². The molecule has 0 amide bonds. The van der Waals surface area contributed by atoms with E-state index in [1.807, 2.05) is 49.1 Å². The Hall–Kier alpha value is -3.64. The molecular formula is C27H29N5O5S. The fourth-order valence-electron chi connectivity index (χ4n) is 4.07. The number of benzene rings is 2. The maximum Gasteiger partial charge on any atom is 0.297 e. The van der Waals surface area contributed by atoms with Crippen molar-refractivity contribution in [3.8, 4) is 17.1 Å². The molecule has 2 aromatic heterocycles. The molecule has 1 unspecified atom stereocenters. The van der Waals surface area contributed by atoms with Gasteiger partial charge in [-0.25, -0.2) is 14.6 Å². The summed E-state index contributed by atoms with van der Waals surface area (Å²) in [6, 6.07) is 18.0. The van der Waals surface area contributed by atoms with Gasteiger partial charge in [0.1, 0.15) is 11.9 Å². The molecule has 1 atom stereocenters. The van der Waals surface area contributed by atoms with Gasteiger partial charge in [0.25, 0.3) is 10.1 Å². The van der Waals surface area contributed by atoms with E-state index < -0.39 is 22.8 Å². The van der Waals surface area contributed by atoms with E-state index in [1.165, 1.54) is 12.1 Å². The van der Waals surface area contributed by atoms with E-state index in [-0.39, 0.29) is 10.7 Å². The Kier molecular flexibility index (Phi) is 7.52. The Morgan fingerprint density at radius 1 is 0.974 bits per heavy atom. The molecule has 0 bridgehead atoms. The van der Waals surface area contributed by atoms with Gasteiger partial charge in [-0.15, -0.1) is 0 Å². The summed E-state index contributed by atoms with van der Waals surface area (Å²) in [7, 11) is -4.06. The molecule has 2 aromatic carbocycles. The number of hydrogen-bond acceptors (Lipinski definition) is 9. The fraction of sp³-hybridized carbons (Fsp3) is 0.296. The topological polar surface area (TPSA) is 120 Å². The van der Waals surface area contributed by atoms with Crippen LogP contribution >= 0.6 is 0 Å². The number of nitrogens with zero attached hydrogens (tertiary/aromatic N) is 5. The minimum absolute atomic E-state index is 0.0131. The molecule has 5 rings (SSSR count). The molecule has 1 saturated heterocycles. The predicted molar refractivity (Wildman–Crippen MR) is 142 cm³/mol. The Balaban J connectivity index is 1.43. The third-order valence-corrected chi connectivity index (χ3v) is 7.47. The maximum atomic E-state index is 12.6. The number of aromatic nitrogens is 4. The van der Waals surface area contributed by atoms with E-state index >= 15 is 0 Å². The van der Waals surface area contributed by atoms with E-state index in [2.05, 4.69) is 15.1 Å². The summed E-state index contributed by atoms with van der Waals surface area (Å²) in [5.41, 5.74) is 3.80. The molecule has 1 N–H and O–H groups in total. The van der Waals surface area contributed by atoms with Crippen molar-refractivity contribution in [2.45, 2.75) is 24.8 Å². The van der Waals surface area contributed by atoms with Crippen molar-refractivity contribution in [1.82, 2.24) is 19.7 Å². The van der Waals surface area contributed by atoms with Crippen LogP contribution in [0.2, 0.25) is 0 Å². The number of aryl methyl sites for hydroxylation is 2. The summed E-state index contributed by atoms with van der Waals surface area (Å²) < 4.78 is 37.5. The van der Waals surface area contributed by atoms with Crippen LogP contribution < -0.4 is 4.90 Å². The van der Waals surface area contributed by atoms with Crippen molar-refractivity contribution in [1.29, 1.82) is 0 Å². The smallest absolute Gasteiger partial charge is 0.297 e. The Morgan fingerprint density at radius 2 is 1.71 bits per heavy atom. The number of aliphatic hydroxyl groups excluding tert-OH is 1. The van der Waals surface area contributed by atoms with Gasteiger partial charge in [-0.05, 0) is 38.1 Å². The van der Waals surface area contributed by atoms with Gasteiger partial charge in [-0.2, -0.15) is 13.5 Å². The van der Waals surface area contributed by atoms with Gasteiger partial charge in [0.05, 0.1) is 30.4 Å². The normalized spacial score (nSPS) is 15.0. The molecule has 1 aliphatic heterocycles. The summed E-state index contributed by atoms with van der Waals surface area (Å²) in [6.45, 7) is 5.70. The summed E-state index contributed by atoms with van der Waals surface area (Å²) in [4.78, 5) is 11.1. The van der Waals surface area contributed by atoms with Crippen molar-refractivity contribution in [3.63, 3.8) is 0 Å². The van der Waals surface area contributed by atoms with Crippen molar-refractivity contribution in [2.75, 3.05) is 37.8 Å². The van der Waals surface area contributed by atoms with Crippen LogP contribution in [0.25, 0.3) is 17.1 Å². The third kappa shape index (κ3) is 5.91. The number of ether oxygens (including phenoxy) is 1. The largest absolute Gasteiger partial charge is 0.383 e. The van der Waals surface area contributed by atoms with E-state index in [1.54, 1.807) is 29.1 Å². The van der Waals surface area contributed by atoms with Crippen molar-refractivity contribution < 1.29 is 22.4 Å². The first-order valence-electron chi connectivity index (χ1n) is 12.3. The summed E-state index contributed by atoms with van der Waals surface area (Å²) >= 11 is 0. The third-order valence-electron chi connectivity index (χ3n) is 6.18. The van der Waals surface area contributed by atoms with Gasteiger partial charge < -0.3 is 14.7 Å². The van der Waals surface area contributed by atoms with Crippen LogP contribution in [0.3, 0.4) is 0 Å². The number of hydrogen-bond donors (Lipinski definition) is 1. The molecular weight excluding hydrogens is 506 g/mol. The van der Waals surface area contributed by atoms with Crippen molar-refractivity contribution >= 4 is 15.9 Å². The quantitative estimate of drug-likeness (QED) is 0.339. The van der Waals surface area contributed by atoms with Crippen molar-refractivity contribution in [2.24, 2.45) is 0 Å². The van der Waals surface area contributed by atoms with Crippen LogP contribution in [0.5, 0.6) is 0 Å². The minimum Gasteiger partial charge on any atom is -0.383 e. The summed E-state index contributed by atoms with van der Waals surface area (Å²) in [6.07, 6.45) is 0.402. The van der Waals surface area contributed by atoms with Crippen LogP contribution in [-0.4, -0.2) is 66.2 Å². The highest BCUT2D eigenvalue weighted by molar-refractivity contribution is 7.86. The molecule has 4 aromatic rings. The molecule has 0 radical (unpaired) electrons. The SMILES string of the molecule is Cc1ccc(S(=O)(=O)OCC(O)c2nc(N3CCOCC3)cc(-n3ccc(-c4cccc(C)c4)n3)n2)cc1. The lowest BCUT2D eigenvalue weighted by atomic mass is 10.1. The first-order chi connectivity index (χ1) is 18.3. The Bertz CT molecular complexity index is 1520. The van der Waals surface area contributed by atoms with E-state index in [4.69, 9.17) is 8.92 Å². The van der Waals surface area contributed by atoms with E-state index in [0.29, 0.717) is 37.9 Å². The lowest BCUT2D eigenvalue weighted by molar-refractivity contribution is 0.103. The highest BCUT2D eigenvalue weighted by atomic mass is 32.2. The molecule has 10 nitrogen and oxygen atoms in total. The van der Waals surface area contributed by atoms with Crippen LogP contribution in [0.15, 0.2) is 71.8 Å². The molecule has 0 saturated carbocycles. The van der Waals surface area contributed by atoms with Crippen LogP contribution in [0.4, 0.5) is 5.82 Å². The number of anilines is 1. The molecule has 198 valence electrons. The molecule has 1 aliphatic rings. The average Bonchev–Trinajstić information content (AvgIpc) is 3.43. The van der Waals surface area contributed by atoms with Crippen LogP contribution in [0, 0.1) is 13.8 Å². The minimum atomic E-state index is -4.06. The predicted octanol–water partition coefficient (Wildman–Crippen LogP) is 3.22. The zero-order chi connectivity index (χ0) is 26.7. The van der Waals surface area contributed by atoms with Crippen LogP contribution in [0.1, 0.15) is 23.1 Å². The van der Waals surface area contributed by atoms with E-state index in [9.17, 15) is 13.5 Å². The maximum absolute atomic E-state index is 12.6. The molecule has 11 heteroatoms. The van der Waals surface area contributed by atoms with Gasteiger partial charge in [0.2, 0.25) is 0 Å². The zero-order valence-corrected chi connectivity index (χ0v) is 22.0. The molecule has 3 heterocycles. The lowest BCUT2D eigenvalue weighted by Gasteiger charge is -2.28. The molecule has 1 fully saturated rings. The van der Waals surface area contributed by atoms with Crippen LogP contribution in [-0.2, 0) is 19.0 Å². The highest BCUT2D eigenvalue weighted by Gasteiger charge is 2.23. The second-order valence-electron chi connectivity index (χ2n) is 9.12. The van der Waals surface area contributed by atoms with Gasteiger partial charge in [-0.1, -0.05) is 41.5 Å². The summed E-state index contributed by atoms with van der Waals surface area (Å²) in [5, 5.41) is 15.6. The second-order valence-corrected chi connectivity index (χ2v) is 10.7. The van der Waals surface area contributed by atoms with Gasteiger partial charge >= 0.3 is 0 Å².